The van der Waals surface area contributed by atoms with Crippen LogP contribution in [0.5, 0.6) is 0 Å². The maximum Gasteiger partial charge on any atom is 0.309 e. The van der Waals surface area contributed by atoms with E-state index >= 15 is 0 Å². The molecule has 142 valence electrons. The zero-order valence-corrected chi connectivity index (χ0v) is 16.0. The van der Waals surface area contributed by atoms with Gasteiger partial charge in [0.2, 0.25) is 0 Å². The molecule has 1 aromatic carbocycles. The number of carbonyl (C=O) groups excluding carboxylic acids is 1. The molecule has 5 heteroatoms. The molecule has 5 nitrogen and oxygen atoms in total. The van der Waals surface area contributed by atoms with Crippen molar-refractivity contribution >= 4 is 5.97 Å². The van der Waals surface area contributed by atoms with E-state index in [4.69, 9.17) is 4.74 Å². The largest absolute Gasteiger partial charge is 0.466 e. The van der Waals surface area contributed by atoms with E-state index in [1.165, 1.54) is 5.56 Å². The molecule has 1 aliphatic carbocycles. The van der Waals surface area contributed by atoms with Crippen LogP contribution in [-0.2, 0) is 16.1 Å². The Morgan fingerprint density at radius 3 is 2.81 bits per heavy atom. The molecule has 2 aliphatic rings. The molecule has 4 rings (SSSR count). The summed E-state index contributed by atoms with van der Waals surface area (Å²) in [5.74, 6) is 0.944. The Balaban J connectivity index is 1.44. The topological polar surface area (TPSA) is 47.4 Å². The first-order valence-corrected chi connectivity index (χ1v) is 9.82. The summed E-state index contributed by atoms with van der Waals surface area (Å²) in [4.78, 5) is 14.9. The van der Waals surface area contributed by atoms with Crippen molar-refractivity contribution in [2.45, 2.75) is 20.4 Å². The Morgan fingerprint density at radius 2 is 2.04 bits per heavy atom. The molecule has 27 heavy (non-hydrogen) atoms. The Morgan fingerprint density at radius 1 is 1.22 bits per heavy atom. The van der Waals surface area contributed by atoms with Crippen LogP contribution in [-0.4, -0.2) is 40.3 Å². The van der Waals surface area contributed by atoms with E-state index in [0.29, 0.717) is 18.4 Å². The van der Waals surface area contributed by atoms with E-state index in [2.05, 4.69) is 47.4 Å². The number of rotatable bonds is 5. The minimum absolute atomic E-state index is 0.0306. The Kier molecular flexibility index (Phi) is 5.12. The molecule has 1 fully saturated rings. The number of benzene rings is 1. The van der Waals surface area contributed by atoms with Gasteiger partial charge in [0.15, 0.2) is 0 Å². The third kappa shape index (κ3) is 3.69. The van der Waals surface area contributed by atoms with Gasteiger partial charge in [-0.05, 0) is 36.8 Å². The smallest absolute Gasteiger partial charge is 0.309 e. The van der Waals surface area contributed by atoms with Crippen molar-refractivity contribution in [3.05, 3.63) is 60.4 Å². The molecule has 1 aliphatic heterocycles. The number of carbonyl (C=O) groups is 1. The SMILES string of the molecule is CCOC(=O)[C@@H]1[C@H]2CN(Cc3cnn(-c4ccccc4)c3)C[C@@H]2C=C[C@@H]1C. The van der Waals surface area contributed by atoms with Gasteiger partial charge in [0.05, 0.1) is 24.4 Å². The van der Waals surface area contributed by atoms with Crippen LogP contribution in [0.2, 0.25) is 0 Å². The first-order valence-electron chi connectivity index (χ1n) is 9.82. The van der Waals surface area contributed by atoms with E-state index in [1.54, 1.807) is 0 Å². The van der Waals surface area contributed by atoms with Crippen LogP contribution < -0.4 is 0 Å². The highest BCUT2D eigenvalue weighted by molar-refractivity contribution is 5.74. The number of fused-ring (bicyclic) bond motifs is 1. The van der Waals surface area contributed by atoms with E-state index in [1.807, 2.05) is 36.0 Å². The lowest BCUT2D eigenvalue weighted by Gasteiger charge is -2.32. The number of likely N-dealkylation sites (tertiary alicyclic amines) is 1. The summed E-state index contributed by atoms with van der Waals surface area (Å²) in [5, 5.41) is 4.50. The standard InChI is InChI=1S/C22H27N3O2/c1-3-27-22(26)21-16(2)9-10-18-14-24(15-20(18)21)12-17-11-23-25(13-17)19-7-5-4-6-8-19/h4-11,13,16,18,20-21H,3,12,14-15H2,1-2H3/t16-,18-,20-,21-/m0/s1. The molecule has 1 saturated heterocycles. The summed E-state index contributed by atoms with van der Waals surface area (Å²) in [6, 6.07) is 10.2. The Labute approximate surface area is 160 Å². The first kappa shape index (κ1) is 18.0. The van der Waals surface area contributed by atoms with Gasteiger partial charge in [-0.3, -0.25) is 9.69 Å². The molecule has 0 unspecified atom stereocenters. The first-order chi connectivity index (χ1) is 13.2. The molecule has 2 heterocycles. The fourth-order valence-corrected chi connectivity index (χ4v) is 4.53. The van der Waals surface area contributed by atoms with E-state index < -0.39 is 0 Å². The van der Waals surface area contributed by atoms with E-state index in [-0.39, 0.29) is 17.8 Å². The number of hydrogen-bond acceptors (Lipinski definition) is 4. The summed E-state index contributed by atoms with van der Waals surface area (Å²) in [6.45, 7) is 7.23. The number of esters is 1. The van der Waals surface area contributed by atoms with Crippen molar-refractivity contribution in [2.75, 3.05) is 19.7 Å². The molecule has 0 spiro atoms. The van der Waals surface area contributed by atoms with Gasteiger partial charge in [-0.15, -0.1) is 0 Å². The van der Waals surface area contributed by atoms with Crippen molar-refractivity contribution < 1.29 is 9.53 Å². The minimum Gasteiger partial charge on any atom is -0.466 e. The molecule has 0 bridgehead atoms. The average molecular weight is 365 g/mol. The van der Waals surface area contributed by atoms with Gasteiger partial charge in [0.1, 0.15) is 0 Å². The highest BCUT2D eigenvalue weighted by Gasteiger charge is 2.44. The molecular formula is C22H27N3O2. The molecule has 4 atom stereocenters. The molecule has 0 amide bonds. The van der Waals surface area contributed by atoms with Crippen molar-refractivity contribution in [3.8, 4) is 5.69 Å². The van der Waals surface area contributed by atoms with Crippen molar-refractivity contribution in [1.29, 1.82) is 0 Å². The predicted octanol–water partition coefficient (Wildman–Crippen LogP) is 3.31. The highest BCUT2D eigenvalue weighted by Crippen LogP contribution is 2.40. The van der Waals surface area contributed by atoms with Crippen LogP contribution >= 0.6 is 0 Å². The maximum absolute atomic E-state index is 12.5. The quantitative estimate of drug-likeness (QED) is 0.602. The van der Waals surface area contributed by atoms with Gasteiger partial charge in [-0.25, -0.2) is 4.68 Å². The van der Waals surface area contributed by atoms with Gasteiger partial charge < -0.3 is 4.74 Å². The van der Waals surface area contributed by atoms with Gasteiger partial charge >= 0.3 is 5.97 Å². The third-order valence-electron chi connectivity index (χ3n) is 5.80. The summed E-state index contributed by atoms with van der Waals surface area (Å²) in [5.41, 5.74) is 2.26. The third-order valence-corrected chi connectivity index (χ3v) is 5.80. The van der Waals surface area contributed by atoms with Gasteiger partial charge in [-0.1, -0.05) is 37.3 Å². The van der Waals surface area contributed by atoms with E-state index in [9.17, 15) is 4.79 Å². The molecule has 0 radical (unpaired) electrons. The number of allylic oxidation sites excluding steroid dienone is 1. The predicted molar refractivity (Wildman–Crippen MR) is 104 cm³/mol. The number of para-hydroxylation sites is 1. The summed E-state index contributed by atoms with van der Waals surface area (Å²) < 4.78 is 7.28. The molecule has 0 saturated carbocycles. The van der Waals surface area contributed by atoms with Crippen LogP contribution in [0, 0.1) is 23.7 Å². The van der Waals surface area contributed by atoms with Crippen molar-refractivity contribution in [2.24, 2.45) is 23.7 Å². The lowest BCUT2D eigenvalue weighted by atomic mass is 9.72. The summed E-state index contributed by atoms with van der Waals surface area (Å²) in [6.07, 6.45) is 8.53. The average Bonchev–Trinajstić information content (AvgIpc) is 3.29. The van der Waals surface area contributed by atoms with Gasteiger partial charge in [0.25, 0.3) is 0 Å². The van der Waals surface area contributed by atoms with Gasteiger partial charge in [-0.2, -0.15) is 5.10 Å². The van der Waals surface area contributed by atoms with Gasteiger partial charge in [0, 0.05) is 31.4 Å². The zero-order valence-electron chi connectivity index (χ0n) is 16.0. The molecular weight excluding hydrogens is 338 g/mol. The Bertz CT molecular complexity index is 814. The normalized spacial score (nSPS) is 27.5. The maximum atomic E-state index is 12.5. The zero-order chi connectivity index (χ0) is 18.8. The summed E-state index contributed by atoms with van der Waals surface area (Å²) in [7, 11) is 0. The number of ether oxygens (including phenoxy) is 1. The fourth-order valence-electron chi connectivity index (χ4n) is 4.53. The number of nitrogens with zero attached hydrogens (tertiary/aromatic N) is 3. The minimum atomic E-state index is -0.0388. The highest BCUT2D eigenvalue weighted by atomic mass is 16.5. The van der Waals surface area contributed by atoms with Crippen LogP contribution in [0.4, 0.5) is 0 Å². The van der Waals surface area contributed by atoms with Crippen LogP contribution in [0.1, 0.15) is 19.4 Å². The molecule has 2 aromatic rings. The summed E-state index contributed by atoms with van der Waals surface area (Å²) >= 11 is 0. The second-order valence-corrected chi connectivity index (χ2v) is 7.67. The van der Waals surface area contributed by atoms with E-state index in [0.717, 1.165) is 25.3 Å². The van der Waals surface area contributed by atoms with Crippen LogP contribution in [0.3, 0.4) is 0 Å². The van der Waals surface area contributed by atoms with Crippen molar-refractivity contribution in [3.63, 3.8) is 0 Å². The second-order valence-electron chi connectivity index (χ2n) is 7.67. The number of hydrogen-bond donors (Lipinski definition) is 0. The molecule has 0 N–H and O–H groups in total. The lowest BCUT2D eigenvalue weighted by Crippen LogP contribution is -2.37. The molecule has 1 aromatic heterocycles. The Hall–Kier alpha value is -2.40. The second kappa shape index (κ2) is 7.69. The number of aromatic nitrogens is 2. The van der Waals surface area contributed by atoms with Crippen LogP contribution in [0.25, 0.3) is 5.69 Å². The van der Waals surface area contributed by atoms with Crippen molar-refractivity contribution in [1.82, 2.24) is 14.7 Å². The monoisotopic (exact) mass is 365 g/mol. The lowest BCUT2D eigenvalue weighted by molar-refractivity contribution is -0.152. The van der Waals surface area contributed by atoms with Crippen LogP contribution in [0.15, 0.2) is 54.9 Å². The fraction of sp³-hybridized carbons (Fsp3) is 0.455.